The molecule has 0 spiro atoms. The number of pyridine rings is 1. The van der Waals surface area contributed by atoms with Gasteiger partial charge in [-0.25, -0.2) is 8.42 Å². The predicted molar refractivity (Wildman–Crippen MR) is 128 cm³/mol. The normalized spacial score (nSPS) is 16.9. The summed E-state index contributed by atoms with van der Waals surface area (Å²) in [4.78, 5) is 5.12. The number of halogens is 1. The number of aromatic nitrogens is 1. The monoisotopic (exact) mass is 464 g/mol. The van der Waals surface area contributed by atoms with Gasteiger partial charge in [0.25, 0.3) is 0 Å². The predicted octanol–water partition coefficient (Wildman–Crippen LogP) is 5.43. The Morgan fingerprint density at radius 1 is 0.906 bits per heavy atom. The second-order valence-electron chi connectivity index (χ2n) is 8.51. The lowest BCUT2D eigenvalue weighted by Gasteiger charge is -2.29. The lowest BCUT2D eigenvalue weighted by Crippen LogP contribution is -2.36. The molecule has 1 aliphatic heterocycles. The maximum atomic E-state index is 13.2. The summed E-state index contributed by atoms with van der Waals surface area (Å²) in [5.74, 6) is 0. The molecule has 1 fully saturated rings. The number of hydrogen-bond donors (Lipinski definition) is 0. The molecule has 0 unspecified atom stereocenters. The standard InChI is InChI=1S/C26H25ClN2O2S/c1-18-4-9-23(10-5-18)32(30,31)29-15-12-19(13-16-29)25-24-11-8-22(27)17-21(24)7-6-20-3-2-14-28-26(20)25/h2-5,8-11,14,17H,6-7,12-13,15-16H2,1H3. The Morgan fingerprint density at radius 2 is 1.62 bits per heavy atom. The zero-order valence-electron chi connectivity index (χ0n) is 18.0. The van der Waals surface area contributed by atoms with Gasteiger partial charge in [-0.15, -0.1) is 0 Å². The van der Waals surface area contributed by atoms with Crippen molar-refractivity contribution < 1.29 is 8.42 Å². The van der Waals surface area contributed by atoms with Crippen LogP contribution in [0.15, 0.2) is 71.3 Å². The van der Waals surface area contributed by atoms with Gasteiger partial charge >= 0.3 is 0 Å². The van der Waals surface area contributed by atoms with Crippen LogP contribution >= 0.6 is 11.6 Å². The van der Waals surface area contributed by atoms with Gasteiger partial charge in [0.1, 0.15) is 0 Å². The van der Waals surface area contributed by atoms with Crippen LogP contribution in [0.3, 0.4) is 0 Å². The van der Waals surface area contributed by atoms with Crippen molar-refractivity contribution in [3.05, 3.63) is 99.3 Å². The molecule has 6 heteroatoms. The van der Waals surface area contributed by atoms with Crippen LogP contribution in [0.1, 0.15) is 40.8 Å². The highest BCUT2D eigenvalue weighted by Gasteiger charge is 2.30. The molecule has 5 rings (SSSR count). The molecule has 2 aromatic carbocycles. The number of piperidine rings is 1. The Labute approximate surface area is 194 Å². The molecule has 1 aliphatic carbocycles. The van der Waals surface area contributed by atoms with Crippen molar-refractivity contribution in [2.45, 2.75) is 37.5 Å². The maximum Gasteiger partial charge on any atom is 0.243 e. The van der Waals surface area contributed by atoms with Crippen molar-refractivity contribution >= 4 is 27.2 Å². The Balaban J connectivity index is 1.52. The first-order valence-electron chi connectivity index (χ1n) is 11.0. The van der Waals surface area contributed by atoms with E-state index < -0.39 is 10.0 Å². The summed E-state index contributed by atoms with van der Waals surface area (Å²) in [6.07, 6.45) is 5.06. The van der Waals surface area contributed by atoms with Gasteiger partial charge in [0.15, 0.2) is 0 Å². The van der Waals surface area contributed by atoms with E-state index in [4.69, 9.17) is 16.6 Å². The van der Waals surface area contributed by atoms with Gasteiger partial charge in [-0.05, 0) is 79.6 Å². The van der Waals surface area contributed by atoms with Crippen LogP contribution in [0, 0.1) is 6.92 Å². The van der Waals surface area contributed by atoms with Gasteiger partial charge in [-0.1, -0.05) is 47.0 Å². The van der Waals surface area contributed by atoms with Crippen LogP contribution in [-0.2, 0) is 22.9 Å². The maximum absolute atomic E-state index is 13.2. The Bertz CT molecular complexity index is 1300. The van der Waals surface area contributed by atoms with E-state index in [0.29, 0.717) is 30.8 Å². The van der Waals surface area contributed by atoms with Gasteiger partial charge in [0.05, 0.1) is 10.6 Å². The second kappa shape index (κ2) is 8.47. The average molecular weight is 465 g/mol. The summed E-state index contributed by atoms with van der Waals surface area (Å²) in [5.41, 5.74) is 8.15. The molecule has 0 atom stereocenters. The molecule has 164 valence electrons. The van der Waals surface area contributed by atoms with Crippen LogP contribution in [0.25, 0.3) is 5.57 Å². The molecule has 32 heavy (non-hydrogen) atoms. The van der Waals surface area contributed by atoms with Crippen molar-refractivity contribution in [1.82, 2.24) is 9.29 Å². The van der Waals surface area contributed by atoms with E-state index >= 15 is 0 Å². The van der Waals surface area contributed by atoms with Crippen molar-refractivity contribution in [3.63, 3.8) is 0 Å². The van der Waals surface area contributed by atoms with Gasteiger partial charge in [0.2, 0.25) is 10.0 Å². The summed E-state index contributed by atoms with van der Waals surface area (Å²) in [7, 11) is -3.49. The molecule has 4 nitrogen and oxygen atoms in total. The first-order valence-corrected chi connectivity index (χ1v) is 12.8. The quantitative estimate of drug-likeness (QED) is 0.508. The molecule has 1 saturated heterocycles. The molecule has 3 aromatic rings. The van der Waals surface area contributed by atoms with E-state index in [1.54, 1.807) is 16.4 Å². The van der Waals surface area contributed by atoms with Crippen LogP contribution in [0.2, 0.25) is 5.02 Å². The average Bonchev–Trinajstić information content (AvgIpc) is 2.96. The van der Waals surface area contributed by atoms with Crippen LogP contribution < -0.4 is 0 Å². The number of aryl methyl sites for hydroxylation is 3. The smallest absolute Gasteiger partial charge is 0.243 e. The molecule has 0 saturated carbocycles. The summed E-state index contributed by atoms with van der Waals surface area (Å²) in [6, 6.07) is 17.3. The van der Waals surface area contributed by atoms with Gasteiger partial charge in [-0.2, -0.15) is 4.31 Å². The minimum absolute atomic E-state index is 0.362. The largest absolute Gasteiger partial charge is 0.256 e. The number of rotatable bonds is 2. The second-order valence-corrected chi connectivity index (χ2v) is 10.9. The van der Waals surface area contributed by atoms with Crippen LogP contribution in [0.4, 0.5) is 0 Å². The number of fused-ring (bicyclic) bond motifs is 2. The topological polar surface area (TPSA) is 50.3 Å². The Morgan fingerprint density at radius 3 is 2.38 bits per heavy atom. The molecular formula is C26H25ClN2O2S. The van der Waals surface area contributed by atoms with Gasteiger partial charge in [0, 0.05) is 29.9 Å². The third-order valence-electron chi connectivity index (χ3n) is 6.47. The van der Waals surface area contributed by atoms with Crippen molar-refractivity contribution in [1.29, 1.82) is 0 Å². The first-order chi connectivity index (χ1) is 15.4. The molecular weight excluding hydrogens is 440 g/mol. The number of nitrogens with zero attached hydrogens (tertiary/aromatic N) is 2. The fourth-order valence-corrected chi connectivity index (χ4v) is 6.38. The van der Waals surface area contributed by atoms with Gasteiger partial charge < -0.3 is 0 Å². The zero-order chi connectivity index (χ0) is 22.3. The van der Waals surface area contributed by atoms with Crippen LogP contribution in [-0.4, -0.2) is 30.8 Å². The summed E-state index contributed by atoms with van der Waals surface area (Å²) < 4.78 is 27.9. The zero-order valence-corrected chi connectivity index (χ0v) is 19.6. The lowest BCUT2D eigenvalue weighted by atomic mass is 9.89. The van der Waals surface area contributed by atoms with Crippen molar-refractivity contribution in [2.24, 2.45) is 0 Å². The number of sulfonamides is 1. The number of hydrogen-bond acceptors (Lipinski definition) is 3. The minimum atomic E-state index is -3.49. The van der Waals surface area contributed by atoms with E-state index in [9.17, 15) is 8.42 Å². The summed E-state index contributed by atoms with van der Waals surface area (Å²) in [5, 5.41) is 0.742. The van der Waals surface area contributed by atoms with Crippen LogP contribution in [0.5, 0.6) is 0 Å². The first kappa shape index (κ1) is 21.4. The van der Waals surface area contributed by atoms with E-state index in [-0.39, 0.29) is 0 Å². The minimum Gasteiger partial charge on any atom is -0.256 e. The lowest BCUT2D eigenvalue weighted by molar-refractivity contribution is 0.387. The number of benzene rings is 2. The molecule has 0 N–H and O–H groups in total. The van der Waals surface area contributed by atoms with E-state index in [0.717, 1.165) is 34.7 Å². The molecule has 1 aromatic heterocycles. The molecule has 0 radical (unpaired) electrons. The fraction of sp³-hybridized carbons (Fsp3) is 0.269. The summed E-state index contributed by atoms with van der Waals surface area (Å²) in [6.45, 7) is 2.90. The Kier molecular flexibility index (Phi) is 5.66. The highest BCUT2D eigenvalue weighted by atomic mass is 35.5. The van der Waals surface area contributed by atoms with Crippen molar-refractivity contribution in [2.75, 3.05) is 13.1 Å². The molecule has 2 heterocycles. The third-order valence-corrected chi connectivity index (χ3v) is 8.61. The molecule has 0 bridgehead atoms. The summed E-state index contributed by atoms with van der Waals surface area (Å²) >= 11 is 6.31. The molecule has 2 aliphatic rings. The van der Waals surface area contributed by atoms with Crippen molar-refractivity contribution in [3.8, 4) is 0 Å². The highest BCUT2D eigenvalue weighted by molar-refractivity contribution is 7.89. The van der Waals surface area contributed by atoms with E-state index in [1.807, 2.05) is 37.4 Å². The fourth-order valence-electron chi connectivity index (χ4n) is 4.74. The Hall–Kier alpha value is -2.47. The van der Waals surface area contributed by atoms with E-state index in [2.05, 4.69) is 18.2 Å². The third kappa shape index (κ3) is 3.90. The highest BCUT2D eigenvalue weighted by Crippen LogP contribution is 2.39. The van der Waals surface area contributed by atoms with Gasteiger partial charge in [-0.3, -0.25) is 4.98 Å². The van der Waals surface area contributed by atoms with E-state index in [1.165, 1.54) is 22.3 Å². The molecule has 0 amide bonds. The SMILES string of the molecule is Cc1ccc(S(=O)(=O)N2CCC(=C3c4ccc(Cl)cc4CCc4cccnc43)CC2)cc1.